The Morgan fingerprint density at radius 2 is 2.00 bits per heavy atom. The summed E-state index contributed by atoms with van der Waals surface area (Å²) in [6, 6.07) is 16.3. The zero-order valence-corrected chi connectivity index (χ0v) is 21.1. The first-order chi connectivity index (χ1) is 16.6. The number of nitrogens with one attached hydrogen (secondary N) is 1. The molecular formula is C28H35N3O2S. The second-order valence-corrected chi connectivity index (χ2v) is 10.1. The quantitative estimate of drug-likeness (QED) is 0.396. The van der Waals surface area contributed by atoms with Crippen molar-refractivity contribution in [3.63, 3.8) is 0 Å². The van der Waals surface area contributed by atoms with E-state index in [2.05, 4.69) is 17.1 Å². The fraction of sp³-hybridized carbons (Fsp3) is 0.429. The van der Waals surface area contributed by atoms with Crippen molar-refractivity contribution < 1.29 is 9.59 Å². The highest BCUT2D eigenvalue weighted by Gasteiger charge is 2.29. The summed E-state index contributed by atoms with van der Waals surface area (Å²) in [5.41, 5.74) is 2.46. The molecule has 1 unspecified atom stereocenters. The van der Waals surface area contributed by atoms with Crippen LogP contribution in [0.3, 0.4) is 0 Å². The van der Waals surface area contributed by atoms with Gasteiger partial charge in [0.2, 0.25) is 0 Å². The first-order valence-corrected chi connectivity index (χ1v) is 13.3. The minimum Gasteiger partial charge on any atom is -0.352 e. The van der Waals surface area contributed by atoms with Gasteiger partial charge in [-0.2, -0.15) is 0 Å². The molecule has 4 rings (SSSR count). The first-order valence-electron chi connectivity index (χ1n) is 12.5. The van der Waals surface area contributed by atoms with E-state index in [-0.39, 0.29) is 11.8 Å². The van der Waals surface area contributed by atoms with E-state index in [0.717, 1.165) is 29.1 Å². The molecule has 1 atom stereocenters. The van der Waals surface area contributed by atoms with Gasteiger partial charge in [0, 0.05) is 29.6 Å². The van der Waals surface area contributed by atoms with Gasteiger partial charge in [0.15, 0.2) is 0 Å². The highest BCUT2D eigenvalue weighted by molar-refractivity contribution is 8.04. The summed E-state index contributed by atoms with van der Waals surface area (Å²) >= 11 is 1.47. The number of allylic oxidation sites excluding steroid dienone is 1. The van der Waals surface area contributed by atoms with Crippen LogP contribution in [-0.4, -0.2) is 42.4 Å². The molecule has 0 aromatic heterocycles. The molecule has 2 aromatic rings. The zero-order valence-electron chi connectivity index (χ0n) is 20.3. The van der Waals surface area contributed by atoms with Gasteiger partial charge in [-0.25, -0.2) is 0 Å². The van der Waals surface area contributed by atoms with Crippen molar-refractivity contribution in [3.05, 3.63) is 70.6 Å². The minimum absolute atomic E-state index is 0.0200. The normalized spacial score (nSPS) is 19.8. The zero-order chi connectivity index (χ0) is 23.9. The average molecular weight is 478 g/mol. The standard InChI is InChI=1S/C28H35N3O2S/c1-3-23-13-8-9-17-30(23)18-10-16-29-27(32)22-14-15-26-24(19-22)31(28(33)25(4-2)34-26)20-21-11-6-5-7-12-21/h4-7,11-12,14-15,19,23H,3,8-10,13,16-18,20H2,1-2H3,(H,29,32)/b25-4-. The van der Waals surface area contributed by atoms with E-state index >= 15 is 0 Å². The van der Waals surface area contributed by atoms with Crippen LogP contribution in [0.1, 0.15) is 61.9 Å². The molecule has 180 valence electrons. The topological polar surface area (TPSA) is 52.7 Å². The Balaban J connectivity index is 1.42. The number of anilines is 1. The summed E-state index contributed by atoms with van der Waals surface area (Å²) in [6.07, 6.45) is 7.92. The fourth-order valence-electron chi connectivity index (χ4n) is 4.87. The van der Waals surface area contributed by atoms with Crippen molar-refractivity contribution in [2.75, 3.05) is 24.5 Å². The van der Waals surface area contributed by atoms with Gasteiger partial charge < -0.3 is 15.1 Å². The molecule has 1 saturated heterocycles. The number of carbonyl (C=O) groups excluding carboxylic acids is 2. The summed E-state index contributed by atoms with van der Waals surface area (Å²) in [5, 5.41) is 3.09. The average Bonchev–Trinajstić information content (AvgIpc) is 2.88. The molecular weight excluding hydrogens is 442 g/mol. The molecule has 2 aliphatic rings. The molecule has 0 spiro atoms. The van der Waals surface area contributed by atoms with Gasteiger partial charge in [-0.3, -0.25) is 9.59 Å². The van der Waals surface area contributed by atoms with Gasteiger partial charge in [0.25, 0.3) is 11.8 Å². The third-order valence-corrected chi connectivity index (χ3v) is 7.96. The van der Waals surface area contributed by atoms with Crippen LogP contribution in [0, 0.1) is 0 Å². The molecule has 0 saturated carbocycles. The van der Waals surface area contributed by atoms with Crippen molar-refractivity contribution in [2.24, 2.45) is 0 Å². The Hall–Kier alpha value is -2.57. The number of thioether (sulfide) groups is 1. The van der Waals surface area contributed by atoms with Crippen LogP contribution in [0.25, 0.3) is 0 Å². The molecule has 2 heterocycles. The number of hydrogen-bond acceptors (Lipinski definition) is 4. The molecule has 6 heteroatoms. The Kier molecular flexibility index (Phi) is 8.46. The number of fused-ring (bicyclic) bond motifs is 1. The number of benzene rings is 2. The van der Waals surface area contributed by atoms with Gasteiger partial charge in [-0.05, 0) is 62.9 Å². The molecule has 2 amide bonds. The predicted octanol–water partition coefficient (Wildman–Crippen LogP) is 5.61. The molecule has 5 nitrogen and oxygen atoms in total. The summed E-state index contributed by atoms with van der Waals surface area (Å²) in [6.45, 7) is 7.50. The van der Waals surface area contributed by atoms with Crippen molar-refractivity contribution in [2.45, 2.75) is 63.4 Å². The van der Waals surface area contributed by atoms with E-state index in [9.17, 15) is 9.59 Å². The molecule has 0 radical (unpaired) electrons. The van der Waals surface area contributed by atoms with Gasteiger partial charge in [-0.1, -0.05) is 61.5 Å². The Morgan fingerprint density at radius 1 is 1.18 bits per heavy atom. The third kappa shape index (κ3) is 5.73. The van der Waals surface area contributed by atoms with E-state index in [0.29, 0.717) is 29.6 Å². The van der Waals surface area contributed by atoms with E-state index in [1.807, 2.05) is 61.5 Å². The fourth-order valence-corrected chi connectivity index (χ4v) is 5.83. The first kappa shape index (κ1) is 24.6. The second-order valence-electron chi connectivity index (χ2n) is 9.02. The van der Waals surface area contributed by atoms with Crippen LogP contribution < -0.4 is 10.2 Å². The van der Waals surface area contributed by atoms with Crippen LogP contribution in [-0.2, 0) is 11.3 Å². The maximum atomic E-state index is 13.1. The number of carbonyl (C=O) groups is 2. The lowest BCUT2D eigenvalue weighted by Crippen LogP contribution is -2.40. The number of hydrogen-bond donors (Lipinski definition) is 1. The van der Waals surface area contributed by atoms with Crippen LogP contribution in [0.15, 0.2) is 64.4 Å². The van der Waals surface area contributed by atoms with Crippen molar-refractivity contribution >= 4 is 29.3 Å². The van der Waals surface area contributed by atoms with Crippen LogP contribution in [0.4, 0.5) is 5.69 Å². The lowest BCUT2D eigenvalue weighted by atomic mass is 10.00. The summed E-state index contributed by atoms with van der Waals surface area (Å²) < 4.78 is 0. The Morgan fingerprint density at radius 3 is 2.76 bits per heavy atom. The number of amides is 2. The Labute approximate surface area is 207 Å². The SMILES string of the molecule is C/C=C1\Sc2ccc(C(=O)NCCCN3CCCCC3CC)cc2N(Cc2ccccc2)C1=O. The minimum atomic E-state index is -0.0811. The lowest BCUT2D eigenvalue weighted by Gasteiger charge is -2.35. The molecule has 0 aliphatic carbocycles. The van der Waals surface area contributed by atoms with E-state index in [1.54, 1.807) is 4.90 Å². The molecule has 1 N–H and O–H groups in total. The Bertz CT molecular complexity index is 1040. The van der Waals surface area contributed by atoms with Crippen LogP contribution >= 0.6 is 11.8 Å². The van der Waals surface area contributed by atoms with Crippen molar-refractivity contribution in [3.8, 4) is 0 Å². The summed E-state index contributed by atoms with van der Waals surface area (Å²) in [5.74, 6) is -0.101. The van der Waals surface area contributed by atoms with E-state index in [1.165, 1.54) is 44.0 Å². The van der Waals surface area contributed by atoms with E-state index in [4.69, 9.17) is 0 Å². The highest BCUT2D eigenvalue weighted by Crippen LogP contribution is 2.42. The second kappa shape index (κ2) is 11.7. The molecule has 2 aromatic carbocycles. The molecule has 2 aliphatic heterocycles. The third-order valence-electron chi connectivity index (χ3n) is 6.76. The monoisotopic (exact) mass is 477 g/mol. The van der Waals surface area contributed by atoms with Gasteiger partial charge >= 0.3 is 0 Å². The molecule has 0 bridgehead atoms. The smallest absolute Gasteiger partial charge is 0.265 e. The number of piperidine rings is 1. The lowest BCUT2D eigenvalue weighted by molar-refractivity contribution is -0.114. The van der Waals surface area contributed by atoms with Gasteiger partial charge in [-0.15, -0.1) is 0 Å². The van der Waals surface area contributed by atoms with E-state index < -0.39 is 0 Å². The van der Waals surface area contributed by atoms with Gasteiger partial charge in [0.05, 0.1) is 17.1 Å². The van der Waals surface area contributed by atoms with Crippen molar-refractivity contribution in [1.29, 1.82) is 0 Å². The summed E-state index contributed by atoms with van der Waals surface area (Å²) in [7, 11) is 0. The maximum absolute atomic E-state index is 13.1. The largest absolute Gasteiger partial charge is 0.352 e. The predicted molar refractivity (Wildman–Crippen MR) is 140 cm³/mol. The molecule has 1 fully saturated rings. The van der Waals surface area contributed by atoms with Crippen LogP contribution in [0.2, 0.25) is 0 Å². The highest BCUT2D eigenvalue weighted by atomic mass is 32.2. The maximum Gasteiger partial charge on any atom is 0.265 e. The van der Waals surface area contributed by atoms with Crippen LogP contribution in [0.5, 0.6) is 0 Å². The van der Waals surface area contributed by atoms with Gasteiger partial charge in [0.1, 0.15) is 0 Å². The number of rotatable bonds is 8. The number of likely N-dealkylation sites (tertiary alicyclic amines) is 1. The number of nitrogens with zero attached hydrogens (tertiary/aromatic N) is 2. The summed E-state index contributed by atoms with van der Waals surface area (Å²) in [4.78, 5) is 32.1. The molecule has 34 heavy (non-hydrogen) atoms. The van der Waals surface area contributed by atoms with Crippen molar-refractivity contribution in [1.82, 2.24) is 10.2 Å².